The maximum atomic E-state index is 12.2. The van der Waals surface area contributed by atoms with Crippen molar-refractivity contribution in [3.05, 3.63) is 88.1 Å². The van der Waals surface area contributed by atoms with E-state index >= 15 is 0 Å². The minimum Gasteiger partial charge on any atom is -0.321 e. The number of hydrogen-bond acceptors (Lipinski definition) is 4. The van der Waals surface area contributed by atoms with Gasteiger partial charge >= 0.3 is 0 Å². The summed E-state index contributed by atoms with van der Waals surface area (Å²) in [5.41, 5.74) is 6.43. The summed E-state index contributed by atoms with van der Waals surface area (Å²) < 4.78 is 0. The third-order valence-corrected chi connectivity index (χ3v) is 4.52. The van der Waals surface area contributed by atoms with E-state index in [1.165, 1.54) is 11.3 Å². The normalized spacial score (nSPS) is 10.1. The van der Waals surface area contributed by atoms with E-state index in [2.05, 4.69) is 16.2 Å². The third kappa shape index (κ3) is 5.26. The predicted octanol–water partition coefficient (Wildman–Crippen LogP) is 3.00. The summed E-state index contributed by atoms with van der Waals surface area (Å²) in [6.07, 6.45) is 0.165. The number of rotatable bonds is 5. The second-order valence-electron chi connectivity index (χ2n) is 5.68. The van der Waals surface area contributed by atoms with Crippen LogP contribution < -0.4 is 16.2 Å². The van der Waals surface area contributed by atoms with Crippen molar-refractivity contribution in [2.45, 2.75) is 6.42 Å². The lowest BCUT2D eigenvalue weighted by molar-refractivity contribution is -0.121. The van der Waals surface area contributed by atoms with Gasteiger partial charge in [0, 0.05) is 11.3 Å². The van der Waals surface area contributed by atoms with Crippen molar-refractivity contribution in [1.82, 2.24) is 10.9 Å². The van der Waals surface area contributed by atoms with Crippen molar-refractivity contribution >= 4 is 34.7 Å². The molecule has 0 saturated carbocycles. The van der Waals surface area contributed by atoms with E-state index in [0.717, 1.165) is 5.56 Å². The van der Waals surface area contributed by atoms with E-state index in [4.69, 9.17) is 0 Å². The first kappa shape index (κ1) is 18.3. The molecule has 0 radical (unpaired) electrons. The highest BCUT2D eigenvalue weighted by molar-refractivity contribution is 7.12. The zero-order valence-corrected chi connectivity index (χ0v) is 15.1. The van der Waals surface area contributed by atoms with Gasteiger partial charge in [0.25, 0.3) is 11.8 Å². The molecule has 0 unspecified atom stereocenters. The lowest BCUT2D eigenvalue weighted by Crippen LogP contribution is -2.42. The van der Waals surface area contributed by atoms with Crippen molar-refractivity contribution in [3.8, 4) is 0 Å². The van der Waals surface area contributed by atoms with Gasteiger partial charge in [-0.2, -0.15) is 0 Å². The van der Waals surface area contributed by atoms with E-state index < -0.39 is 5.91 Å². The largest absolute Gasteiger partial charge is 0.321 e. The Morgan fingerprint density at radius 2 is 1.63 bits per heavy atom. The zero-order valence-electron chi connectivity index (χ0n) is 14.3. The van der Waals surface area contributed by atoms with Gasteiger partial charge < -0.3 is 5.32 Å². The van der Waals surface area contributed by atoms with Crippen LogP contribution >= 0.6 is 11.3 Å². The quantitative estimate of drug-likeness (QED) is 0.596. The maximum Gasteiger partial charge on any atom is 0.269 e. The topological polar surface area (TPSA) is 87.3 Å². The highest BCUT2D eigenvalue weighted by atomic mass is 32.1. The number of carbonyl (C=O) groups is 3. The van der Waals surface area contributed by atoms with Crippen LogP contribution in [-0.2, 0) is 11.2 Å². The lowest BCUT2D eigenvalue weighted by Gasteiger charge is -2.09. The second-order valence-corrected chi connectivity index (χ2v) is 6.62. The molecule has 1 heterocycles. The minimum atomic E-state index is -0.469. The van der Waals surface area contributed by atoms with E-state index in [1.54, 1.807) is 36.4 Å². The van der Waals surface area contributed by atoms with Crippen LogP contribution in [0.4, 0.5) is 5.69 Å². The van der Waals surface area contributed by atoms with Gasteiger partial charge in [0.1, 0.15) is 0 Å². The van der Waals surface area contributed by atoms with Crippen LogP contribution in [0.15, 0.2) is 72.1 Å². The van der Waals surface area contributed by atoms with Crippen molar-refractivity contribution in [1.29, 1.82) is 0 Å². The van der Waals surface area contributed by atoms with Crippen LogP contribution in [0.1, 0.15) is 25.6 Å². The van der Waals surface area contributed by atoms with Crippen LogP contribution in [0.2, 0.25) is 0 Å². The second kappa shape index (κ2) is 8.77. The average Bonchev–Trinajstić information content (AvgIpc) is 3.22. The van der Waals surface area contributed by atoms with E-state index in [0.29, 0.717) is 16.1 Å². The average molecular weight is 379 g/mol. The number of amides is 3. The molecular weight excluding hydrogens is 362 g/mol. The Balaban J connectivity index is 1.55. The third-order valence-electron chi connectivity index (χ3n) is 3.65. The lowest BCUT2D eigenvalue weighted by atomic mass is 10.1. The zero-order chi connectivity index (χ0) is 19.1. The number of hydrogen-bond donors (Lipinski definition) is 3. The van der Waals surface area contributed by atoms with Crippen molar-refractivity contribution in [2.75, 3.05) is 5.32 Å². The highest BCUT2D eigenvalue weighted by Gasteiger charge is 2.11. The summed E-state index contributed by atoms with van der Waals surface area (Å²) in [6, 6.07) is 19.2. The molecule has 0 atom stereocenters. The Bertz CT molecular complexity index is 940. The van der Waals surface area contributed by atoms with Gasteiger partial charge in [-0.1, -0.05) is 42.5 Å². The van der Waals surface area contributed by atoms with Crippen molar-refractivity contribution < 1.29 is 14.4 Å². The molecule has 0 aliphatic carbocycles. The maximum absolute atomic E-state index is 12.2. The molecule has 0 aliphatic rings. The van der Waals surface area contributed by atoms with E-state index in [9.17, 15) is 14.4 Å². The summed E-state index contributed by atoms with van der Waals surface area (Å²) in [6.45, 7) is 0. The van der Waals surface area contributed by atoms with Gasteiger partial charge in [0.15, 0.2) is 0 Å². The standard InChI is InChI=1S/C20H17N3O3S/c24-18(12-14-6-2-1-3-7-14)22-23-19(25)15-8-4-9-16(13-15)21-20(26)17-10-5-11-27-17/h1-11,13H,12H2,(H,21,26)(H,22,24)(H,23,25). The summed E-state index contributed by atoms with van der Waals surface area (Å²) in [5.74, 6) is -1.03. The molecule has 7 heteroatoms. The molecule has 0 bridgehead atoms. The molecule has 3 N–H and O–H groups in total. The van der Waals surface area contributed by atoms with Gasteiger partial charge in [-0.15, -0.1) is 11.3 Å². The van der Waals surface area contributed by atoms with Crippen LogP contribution in [0.5, 0.6) is 0 Å². The van der Waals surface area contributed by atoms with Crippen LogP contribution in [0.25, 0.3) is 0 Å². The first-order valence-corrected chi connectivity index (χ1v) is 9.08. The molecule has 0 fully saturated rings. The monoisotopic (exact) mass is 379 g/mol. The Labute approximate surface area is 160 Å². The van der Waals surface area contributed by atoms with Gasteiger partial charge in [-0.25, -0.2) is 0 Å². The number of thiophene rings is 1. The van der Waals surface area contributed by atoms with Gasteiger partial charge in [0.2, 0.25) is 5.91 Å². The molecule has 2 aromatic carbocycles. The Hall–Kier alpha value is -3.45. The Morgan fingerprint density at radius 3 is 2.37 bits per heavy atom. The molecule has 0 aliphatic heterocycles. The molecule has 0 spiro atoms. The number of carbonyl (C=O) groups excluding carboxylic acids is 3. The summed E-state index contributed by atoms with van der Waals surface area (Å²) in [4.78, 5) is 36.8. The molecule has 6 nitrogen and oxygen atoms in total. The molecular formula is C20H17N3O3S. The van der Waals surface area contributed by atoms with E-state index in [-0.39, 0.29) is 18.2 Å². The summed E-state index contributed by atoms with van der Waals surface area (Å²) >= 11 is 1.33. The predicted molar refractivity (Wildman–Crippen MR) is 104 cm³/mol. The molecule has 0 saturated heterocycles. The first-order chi connectivity index (χ1) is 13.1. The fourth-order valence-electron chi connectivity index (χ4n) is 2.36. The van der Waals surface area contributed by atoms with Gasteiger partial charge in [0.05, 0.1) is 11.3 Å². The highest BCUT2D eigenvalue weighted by Crippen LogP contribution is 2.14. The molecule has 136 valence electrons. The molecule has 3 rings (SSSR count). The van der Waals surface area contributed by atoms with Crippen LogP contribution in [0.3, 0.4) is 0 Å². The Morgan fingerprint density at radius 1 is 0.815 bits per heavy atom. The van der Waals surface area contributed by atoms with Crippen molar-refractivity contribution in [3.63, 3.8) is 0 Å². The molecule has 27 heavy (non-hydrogen) atoms. The first-order valence-electron chi connectivity index (χ1n) is 8.20. The number of nitrogens with one attached hydrogen (secondary N) is 3. The molecule has 3 aromatic rings. The fraction of sp³-hybridized carbons (Fsp3) is 0.0500. The smallest absolute Gasteiger partial charge is 0.269 e. The van der Waals surface area contributed by atoms with Gasteiger partial charge in [-0.3, -0.25) is 25.2 Å². The summed E-state index contributed by atoms with van der Waals surface area (Å²) in [5, 5.41) is 4.56. The fourth-order valence-corrected chi connectivity index (χ4v) is 2.98. The number of hydrazine groups is 1. The van der Waals surface area contributed by atoms with Crippen LogP contribution in [0, 0.1) is 0 Å². The summed E-state index contributed by atoms with van der Waals surface area (Å²) in [7, 11) is 0. The molecule has 3 amide bonds. The number of benzene rings is 2. The van der Waals surface area contributed by atoms with Crippen molar-refractivity contribution in [2.24, 2.45) is 0 Å². The SMILES string of the molecule is O=C(Cc1ccccc1)NNC(=O)c1cccc(NC(=O)c2cccs2)c1. The molecule has 1 aromatic heterocycles. The number of anilines is 1. The Kier molecular flexibility index (Phi) is 5.96. The van der Waals surface area contributed by atoms with E-state index in [1.807, 2.05) is 35.7 Å². The van der Waals surface area contributed by atoms with Crippen LogP contribution in [-0.4, -0.2) is 17.7 Å². The minimum absolute atomic E-state index is 0.165. The van der Waals surface area contributed by atoms with Gasteiger partial charge in [-0.05, 0) is 35.2 Å².